The van der Waals surface area contributed by atoms with Crippen LogP contribution in [0, 0.1) is 6.92 Å². The van der Waals surface area contributed by atoms with Crippen molar-refractivity contribution in [3.05, 3.63) is 23.8 Å². The molecule has 1 aromatic carbocycles. The van der Waals surface area contributed by atoms with E-state index in [-0.39, 0.29) is 5.54 Å². The highest BCUT2D eigenvalue weighted by molar-refractivity contribution is 5.73. The summed E-state index contributed by atoms with van der Waals surface area (Å²) in [5.74, 6) is 0. The summed E-state index contributed by atoms with van der Waals surface area (Å²) in [5.41, 5.74) is 2.77. The monoisotopic (exact) mass is 203 g/mol. The van der Waals surface area contributed by atoms with E-state index in [9.17, 15) is 0 Å². The first-order chi connectivity index (χ1) is 6.97. The molecule has 4 heteroatoms. The van der Waals surface area contributed by atoms with Crippen LogP contribution in [0.3, 0.4) is 0 Å². The third kappa shape index (κ3) is 1.93. The van der Waals surface area contributed by atoms with E-state index in [2.05, 4.69) is 36.2 Å². The SMILES string of the molecule is Cc1ccc2nn[n+](C(C)(C)C)nc2c1. The van der Waals surface area contributed by atoms with Gasteiger partial charge in [-0.3, -0.25) is 0 Å². The first-order valence-corrected chi connectivity index (χ1v) is 5.01. The van der Waals surface area contributed by atoms with Crippen LogP contribution in [0.1, 0.15) is 26.3 Å². The van der Waals surface area contributed by atoms with Crippen molar-refractivity contribution in [2.45, 2.75) is 33.2 Å². The molecule has 2 aromatic rings. The Morgan fingerprint density at radius 2 is 1.87 bits per heavy atom. The van der Waals surface area contributed by atoms with Gasteiger partial charge < -0.3 is 0 Å². The number of aromatic nitrogens is 4. The van der Waals surface area contributed by atoms with E-state index in [1.54, 1.807) is 4.80 Å². The van der Waals surface area contributed by atoms with Gasteiger partial charge in [0.2, 0.25) is 5.52 Å². The molecule has 0 saturated heterocycles. The molecule has 0 fully saturated rings. The standard InChI is InChI=1S/C11H15N4/c1-8-5-6-9-10(7-8)13-15(14-12-9)11(2,3)4/h5-7H,1-4H3/q+1. The van der Waals surface area contributed by atoms with Crippen molar-refractivity contribution in [3.63, 3.8) is 0 Å². The second kappa shape index (κ2) is 3.22. The van der Waals surface area contributed by atoms with E-state index in [4.69, 9.17) is 0 Å². The maximum absolute atomic E-state index is 4.45. The van der Waals surface area contributed by atoms with E-state index in [1.165, 1.54) is 5.56 Å². The number of nitrogens with zero attached hydrogens (tertiary/aromatic N) is 4. The molecule has 4 nitrogen and oxygen atoms in total. The average Bonchev–Trinajstić information content (AvgIpc) is 2.15. The maximum Gasteiger partial charge on any atom is 0.232 e. The molecule has 1 aromatic heterocycles. The molecular formula is C11H15N4+. The van der Waals surface area contributed by atoms with Crippen LogP contribution in [0.2, 0.25) is 0 Å². The van der Waals surface area contributed by atoms with Gasteiger partial charge in [0.15, 0.2) is 10.7 Å². The van der Waals surface area contributed by atoms with Crippen LogP contribution in [0.4, 0.5) is 0 Å². The van der Waals surface area contributed by atoms with Crippen molar-refractivity contribution >= 4 is 11.0 Å². The van der Waals surface area contributed by atoms with Gasteiger partial charge in [-0.15, -0.1) is 0 Å². The quantitative estimate of drug-likeness (QED) is 0.607. The zero-order valence-electron chi connectivity index (χ0n) is 9.52. The number of fused-ring (bicyclic) bond motifs is 1. The minimum absolute atomic E-state index is 0.134. The lowest BCUT2D eigenvalue weighted by Crippen LogP contribution is -2.56. The summed E-state index contributed by atoms with van der Waals surface area (Å²) in [6.07, 6.45) is 0. The number of hydrogen-bond acceptors (Lipinski definition) is 3. The van der Waals surface area contributed by atoms with Crippen LogP contribution >= 0.6 is 0 Å². The van der Waals surface area contributed by atoms with Crippen LogP contribution in [-0.4, -0.2) is 15.4 Å². The van der Waals surface area contributed by atoms with Gasteiger partial charge in [0.1, 0.15) is 5.54 Å². The molecule has 0 aliphatic heterocycles. The van der Waals surface area contributed by atoms with Crippen molar-refractivity contribution in [2.75, 3.05) is 0 Å². The summed E-state index contributed by atoms with van der Waals surface area (Å²) >= 11 is 0. The summed E-state index contributed by atoms with van der Waals surface area (Å²) < 4.78 is 0. The maximum atomic E-state index is 4.45. The lowest BCUT2D eigenvalue weighted by Gasteiger charge is -2.10. The summed E-state index contributed by atoms with van der Waals surface area (Å²) in [6.45, 7) is 8.20. The highest BCUT2D eigenvalue weighted by atomic mass is 15.6. The van der Waals surface area contributed by atoms with Crippen molar-refractivity contribution in [1.82, 2.24) is 15.4 Å². The summed E-state index contributed by atoms with van der Waals surface area (Å²) in [4.78, 5) is 1.65. The average molecular weight is 203 g/mol. The molecule has 1 heterocycles. The Hall–Kier alpha value is -1.58. The van der Waals surface area contributed by atoms with Gasteiger partial charge in [-0.05, 0) is 50.2 Å². The molecule has 0 bridgehead atoms. The van der Waals surface area contributed by atoms with Crippen molar-refractivity contribution in [1.29, 1.82) is 0 Å². The number of benzene rings is 1. The van der Waals surface area contributed by atoms with Crippen molar-refractivity contribution in [3.8, 4) is 0 Å². The topological polar surface area (TPSA) is 42.5 Å². The van der Waals surface area contributed by atoms with Crippen LogP contribution in [0.5, 0.6) is 0 Å². The Balaban J connectivity index is 2.64. The van der Waals surface area contributed by atoms with Gasteiger partial charge in [-0.25, -0.2) is 0 Å². The molecule has 0 atom stereocenters. The Labute approximate surface area is 88.9 Å². The number of rotatable bonds is 0. The molecule has 0 N–H and O–H groups in total. The molecule has 0 aliphatic rings. The fraction of sp³-hybridized carbons (Fsp3) is 0.455. The van der Waals surface area contributed by atoms with E-state index >= 15 is 0 Å². The van der Waals surface area contributed by atoms with E-state index in [0.717, 1.165) is 11.0 Å². The Kier molecular flexibility index (Phi) is 2.14. The molecule has 0 aliphatic carbocycles. The molecule has 0 unspecified atom stereocenters. The highest BCUT2D eigenvalue weighted by Crippen LogP contribution is 2.09. The highest BCUT2D eigenvalue weighted by Gasteiger charge is 2.23. The Morgan fingerprint density at radius 3 is 2.53 bits per heavy atom. The van der Waals surface area contributed by atoms with E-state index < -0.39 is 0 Å². The third-order valence-electron chi connectivity index (χ3n) is 2.17. The van der Waals surface area contributed by atoms with Crippen molar-refractivity contribution < 1.29 is 4.80 Å². The Morgan fingerprint density at radius 1 is 1.13 bits per heavy atom. The van der Waals surface area contributed by atoms with E-state index in [1.807, 2.05) is 25.1 Å². The minimum Gasteiger partial charge on any atom is -0.0566 e. The Bertz CT molecular complexity index is 499. The number of hydrogen-bond donors (Lipinski definition) is 0. The molecule has 78 valence electrons. The second-order valence-corrected chi connectivity index (χ2v) is 4.74. The van der Waals surface area contributed by atoms with Gasteiger partial charge in [0.25, 0.3) is 0 Å². The van der Waals surface area contributed by atoms with Crippen molar-refractivity contribution in [2.24, 2.45) is 0 Å². The lowest BCUT2D eigenvalue weighted by molar-refractivity contribution is -0.857. The first-order valence-electron chi connectivity index (χ1n) is 5.01. The summed E-state index contributed by atoms with van der Waals surface area (Å²) in [6, 6.07) is 5.98. The predicted molar refractivity (Wildman–Crippen MR) is 57.3 cm³/mol. The summed E-state index contributed by atoms with van der Waals surface area (Å²) in [5, 5.41) is 12.7. The van der Waals surface area contributed by atoms with Crippen LogP contribution < -0.4 is 4.80 Å². The first kappa shape index (κ1) is 9.96. The fourth-order valence-corrected chi connectivity index (χ4v) is 1.29. The van der Waals surface area contributed by atoms with Gasteiger partial charge in [-0.1, -0.05) is 11.2 Å². The smallest absolute Gasteiger partial charge is 0.0566 e. The van der Waals surface area contributed by atoms with E-state index in [0.29, 0.717) is 0 Å². The lowest BCUT2D eigenvalue weighted by atomic mass is 10.1. The zero-order chi connectivity index (χ0) is 11.1. The zero-order valence-corrected chi connectivity index (χ0v) is 9.52. The van der Waals surface area contributed by atoms with Gasteiger partial charge >= 0.3 is 0 Å². The summed E-state index contributed by atoms with van der Waals surface area (Å²) in [7, 11) is 0. The normalized spacial score (nSPS) is 12.0. The van der Waals surface area contributed by atoms with Crippen LogP contribution in [0.15, 0.2) is 18.2 Å². The molecule has 0 saturated carbocycles. The largest absolute Gasteiger partial charge is 0.232 e. The molecule has 0 spiro atoms. The molecule has 15 heavy (non-hydrogen) atoms. The fourth-order valence-electron chi connectivity index (χ4n) is 1.29. The van der Waals surface area contributed by atoms with Crippen LogP contribution in [0.25, 0.3) is 11.0 Å². The van der Waals surface area contributed by atoms with Crippen LogP contribution in [-0.2, 0) is 5.54 Å². The number of aryl methyl sites for hydroxylation is 1. The van der Waals surface area contributed by atoms with Gasteiger partial charge in [0, 0.05) is 0 Å². The predicted octanol–water partition coefficient (Wildman–Crippen LogP) is 1.38. The molecular weight excluding hydrogens is 188 g/mol. The second-order valence-electron chi connectivity index (χ2n) is 4.74. The molecule has 0 radical (unpaired) electrons. The van der Waals surface area contributed by atoms with Gasteiger partial charge in [-0.2, -0.15) is 0 Å². The van der Waals surface area contributed by atoms with Gasteiger partial charge in [0.05, 0.1) is 5.10 Å². The third-order valence-corrected chi connectivity index (χ3v) is 2.17. The molecule has 0 amide bonds. The minimum atomic E-state index is -0.134. The molecule has 2 rings (SSSR count).